The van der Waals surface area contributed by atoms with Gasteiger partial charge in [-0.15, -0.1) is 0 Å². The summed E-state index contributed by atoms with van der Waals surface area (Å²) in [7, 11) is -3.50. The van der Waals surface area contributed by atoms with Crippen LogP contribution in [0.3, 0.4) is 0 Å². The number of hydrogen-bond donors (Lipinski definition) is 3. The molecule has 0 amide bonds. The predicted molar refractivity (Wildman–Crippen MR) is 42.1 cm³/mol. The molecule has 0 bridgehead atoms. The molecule has 0 radical (unpaired) electrons. The smallest absolute Gasteiger partial charge is 1.00 e. The molecule has 70 valence electrons. The normalized spacial score (nSPS) is 10.8. The van der Waals surface area contributed by atoms with Gasteiger partial charge in [-0.3, -0.25) is 0 Å². The zero-order valence-corrected chi connectivity index (χ0v) is 9.93. The molecule has 0 aliphatic carbocycles. The molecule has 0 aliphatic rings. The number of nitrogens with one attached hydrogen (secondary N) is 1. The predicted octanol–water partition coefficient (Wildman–Crippen LogP) is -5.13. The molecule has 0 aromatic carbocycles. The summed E-state index contributed by atoms with van der Waals surface area (Å²) in [6.07, 6.45) is 0. The van der Waals surface area contributed by atoms with Crippen molar-refractivity contribution in [3.05, 3.63) is 0 Å². The van der Waals surface area contributed by atoms with Gasteiger partial charge in [0, 0.05) is 19.6 Å². The molecule has 0 rings (SSSR count). The van der Waals surface area contributed by atoms with Crippen LogP contribution >= 0.6 is 0 Å². The van der Waals surface area contributed by atoms with Crippen molar-refractivity contribution in [2.75, 3.05) is 25.4 Å². The van der Waals surface area contributed by atoms with Gasteiger partial charge in [0.05, 0.1) is 5.75 Å². The quantitative estimate of drug-likeness (QED) is 0.228. The van der Waals surface area contributed by atoms with Crippen LogP contribution < -0.4 is 46.5 Å². The molecular formula is C4H14N3NaO3S. The molecule has 0 saturated carbocycles. The second kappa shape index (κ2) is 8.39. The Morgan fingerprint density at radius 2 is 1.92 bits per heavy atom. The molecule has 0 aliphatic heterocycles. The number of rotatable bonds is 6. The molecule has 8 heteroatoms. The molecule has 6 nitrogen and oxygen atoms in total. The standard InChI is InChI=1S/C4H13N3O3S.Na.H/c5-1-3-7-10-11(8,9)4-2-6;;/h7H,1-6H2;;/q;+1;-1. The fourth-order valence-corrected chi connectivity index (χ4v) is 1.01. The third-order valence-electron chi connectivity index (χ3n) is 0.800. The van der Waals surface area contributed by atoms with Crippen molar-refractivity contribution in [3.63, 3.8) is 0 Å². The van der Waals surface area contributed by atoms with E-state index in [2.05, 4.69) is 9.76 Å². The Balaban J connectivity index is -0.000000500. The van der Waals surface area contributed by atoms with Gasteiger partial charge >= 0.3 is 29.6 Å². The van der Waals surface area contributed by atoms with Crippen LogP contribution in [0, 0.1) is 0 Å². The van der Waals surface area contributed by atoms with E-state index in [9.17, 15) is 8.42 Å². The van der Waals surface area contributed by atoms with Gasteiger partial charge < -0.3 is 12.9 Å². The van der Waals surface area contributed by atoms with E-state index in [0.29, 0.717) is 13.1 Å². The summed E-state index contributed by atoms with van der Waals surface area (Å²) in [6, 6.07) is 0. The van der Waals surface area contributed by atoms with Gasteiger partial charge in [0.2, 0.25) is 0 Å². The first-order valence-corrected chi connectivity index (χ1v) is 4.74. The van der Waals surface area contributed by atoms with Crippen LogP contribution in [-0.4, -0.2) is 33.8 Å². The van der Waals surface area contributed by atoms with E-state index in [0.717, 1.165) is 0 Å². The third kappa shape index (κ3) is 8.88. The van der Waals surface area contributed by atoms with Crippen LogP contribution in [0.15, 0.2) is 0 Å². The maximum Gasteiger partial charge on any atom is 1.00 e. The molecule has 0 fully saturated rings. The third-order valence-corrected chi connectivity index (χ3v) is 1.91. The van der Waals surface area contributed by atoms with Crippen LogP contribution in [-0.2, 0) is 14.4 Å². The zero-order chi connectivity index (χ0) is 8.74. The number of nitrogens with two attached hydrogens (primary N) is 2. The average molecular weight is 207 g/mol. The van der Waals surface area contributed by atoms with E-state index in [-0.39, 0.29) is 43.3 Å². The molecule has 0 unspecified atom stereocenters. The van der Waals surface area contributed by atoms with Crippen molar-refractivity contribution in [1.29, 1.82) is 0 Å². The first-order chi connectivity index (χ1) is 5.12. The van der Waals surface area contributed by atoms with Gasteiger partial charge in [-0.05, 0) is 0 Å². The second-order valence-corrected chi connectivity index (χ2v) is 3.51. The molecule has 0 atom stereocenters. The Labute approximate surface area is 95.9 Å². The Hall–Kier alpha value is 0.790. The van der Waals surface area contributed by atoms with Gasteiger partial charge in [0.25, 0.3) is 10.1 Å². The van der Waals surface area contributed by atoms with Gasteiger partial charge in [-0.2, -0.15) is 18.2 Å². The maximum atomic E-state index is 10.7. The molecule has 12 heavy (non-hydrogen) atoms. The van der Waals surface area contributed by atoms with E-state index < -0.39 is 10.1 Å². The van der Waals surface area contributed by atoms with E-state index in [4.69, 9.17) is 11.5 Å². The van der Waals surface area contributed by atoms with Crippen molar-refractivity contribution in [2.45, 2.75) is 0 Å². The Bertz CT molecular complexity index is 189. The van der Waals surface area contributed by atoms with Gasteiger partial charge in [-0.1, -0.05) is 0 Å². The summed E-state index contributed by atoms with van der Waals surface area (Å²) in [5, 5.41) is 0. The minimum Gasteiger partial charge on any atom is -1.00 e. The Morgan fingerprint density at radius 3 is 2.33 bits per heavy atom. The molecule has 0 heterocycles. The Kier molecular flexibility index (Phi) is 10.7. The molecule has 0 aromatic rings. The summed E-state index contributed by atoms with van der Waals surface area (Å²) in [6.45, 7) is 0.661. The van der Waals surface area contributed by atoms with E-state index in [1.165, 1.54) is 0 Å². The number of hydrogen-bond acceptors (Lipinski definition) is 6. The summed E-state index contributed by atoms with van der Waals surface area (Å²) in [5.74, 6) is -0.190. The fraction of sp³-hybridized carbons (Fsp3) is 1.00. The minimum atomic E-state index is -3.50. The van der Waals surface area contributed by atoms with Crippen LogP contribution in [0.4, 0.5) is 0 Å². The summed E-state index contributed by atoms with van der Waals surface area (Å²) in [5.41, 5.74) is 12.3. The zero-order valence-electron chi connectivity index (χ0n) is 8.12. The summed E-state index contributed by atoms with van der Waals surface area (Å²) < 4.78 is 25.7. The van der Waals surface area contributed by atoms with E-state index >= 15 is 0 Å². The van der Waals surface area contributed by atoms with E-state index in [1.54, 1.807) is 0 Å². The van der Waals surface area contributed by atoms with Gasteiger partial charge in [0.1, 0.15) is 0 Å². The molecule has 0 aromatic heterocycles. The molecular weight excluding hydrogens is 193 g/mol. The Morgan fingerprint density at radius 1 is 1.33 bits per heavy atom. The summed E-state index contributed by atoms with van der Waals surface area (Å²) in [4.78, 5) is 0. The second-order valence-electron chi connectivity index (χ2n) is 1.82. The maximum absolute atomic E-state index is 10.7. The number of hydroxylamine groups is 1. The van der Waals surface area contributed by atoms with Crippen molar-refractivity contribution in [2.24, 2.45) is 11.5 Å². The first kappa shape index (κ1) is 15.3. The SMILES string of the molecule is NCCNOS(=O)(=O)CCN.[H-].[Na+]. The van der Waals surface area contributed by atoms with Gasteiger partial charge in [-0.25, -0.2) is 0 Å². The largest absolute Gasteiger partial charge is 1.00 e. The van der Waals surface area contributed by atoms with Crippen LogP contribution in [0.1, 0.15) is 1.43 Å². The molecule has 0 saturated heterocycles. The monoisotopic (exact) mass is 207 g/mol. The topological polar surface area (TPSA) is 107 Å². The van der Waals surface area contributed by atoms with E-state index in [1.807, 2.05) is 0 Å². The molecule has 5 N–H and O–H groups in total. The molecule has 0 spiro atoms. The van der Waals surface area contributed by atoms with Crippen LogP contribution in [0.25, 0.3) is 0 Å². The first-order valence-electron chi connectivity index (χ1n) is 3.16. The van der Waals surface area contributed by atoms with Crippen LogP contribution in [0.5, 0.6) is 0 Å². The van der Waals surface area contributed by atoms with Crippen molar-refractivity contribution in [1.82, 2.24) is 5.48 Å². The average Bonchev–Trinajstić information content (AvgIpc) is 1.87. The fourth-order valence-electron chi connectivity index (χ4n) is 0.376. The van der Waals surface area contributed by atoms with Crippen molar-refractivity contribution >= 4 is 10.1 Å². The van der Waals surface area contributed by atoms with Crippen LogP contribution in [0.2, 0.25) is 0 Å². The van der Waals surface area contributed by atoms with Crippen molar-refractivity contribution in [3.8, 4) is 0 Å². The summed E-state index contributed by atoms with van der Waals surface area (Å²) >= 11 is 0. The van der Waals surface area contributed by atoms with Gasteiger partial charge in [0.15, 0.2) is 0 Å². The van der Waals surface area contributed by atoms with Crippen molar-refractivity contribution < 1.29 is 43.7 Å². The minimum absolute atomic E-state index is 0.